The molecule has 4 aromatic carbocycles. The van der Waals surface area contributed by atoms with Crippen LogP contribution in [-0.4, -0.2) is 20.6 Å². The van der Waals surface area contributed by atoms with Gasteiger partial charge in [0, 0.05) is 4.90 Å². The highest BCUT2D eigenvalue weighted by atomic mass is 32.2. The number of aryl methyl sites for hydroxylation is 1. The monoisotopic (exact) mass is 502 g/mol. The molecule has 7 heteroatoms. The highest BCUT2D eigenvalue weighted by Gasteiger charge is 2.28. The van der Waals surface area contributed by atoms with Gasteiger partial charge in [0.2, 0.25) is 0 Å². The second-order valence-electron chi connectivity index (χ2n) is 7.98. The van der Waals surface area contributed by atoms with Gasteiger partial charge in [0.15, 0.2) is 0 Å². The maximum atomic E-state index is 13.9. The lowest BCUT2D eigenvalue weighted by molar-refractivity contribution is 0.102. The molecule has 178 valence electrons. The minimum absolute atomic E-state index is 0.0861. The first kappa shape index (κ1) is 24.6. The van der Waals surface area contributed by atoms with Gasteiger partial charge in [0.05, 0.1) is 28.4 Å². The van der Waals surface area contributed by atoms with E-state index < -0.39 is 10.0 Å². The number of nitrogens with zero attached hydrogens (tertiary/aromatic N) is 1. The molecule has 0 spiro atoms. The first-order valence-corrected chi connectivity index (χ1v) is 13.7. The summed E-state index contributed by atoms with van der Waals surface area (Å²) in [4.78, 5) is 14.5. The molecule has 0 fully saturated rings. The third-order valence-electron chi connectivity index (χ3n) is 5.55. The van der Waals surface area contributed by atoms with Crippen molar-refractivity contribution in [3.05, 3.63) is 120 Å². The number of amides is 1. The Bertz CT molecular complexity index is 1420. The Hall–Kier alpha value is -3.55. The SMILES string of the molecule is CSc1ccccc1NC(=O)c1ccccc1N(Cc1ccccc1)S(=O)(=O)c1ccc(C)cc1. The first-order valence-electron chi connectivity index (χ1n) is 11.1. The lowest BCUT2D eigenvalue weighted by Gasteiger charge is -2.27. The van der Waals surface area contributed by atoms with Crippen LogP contribution in [0, 0.1) is 6.92 Å². The number of sulfonamides is 1. The van der Waals surface area contributed by atoms with Crippen LogP contribution in [0.15, 0.2) is 113 Å². The van der Waals surface area contributed by atoms with Gasteiger partial charge < -0.3 is 5.32 Å². The van der Waals surface area contributed by atoms with Gasteiger partial charge in [-0.25, -0.2) is 8.42 Å². The Morgan fingerprint density at radius 3 is 2.17 bits per heavy atom. The number of hydrogen-bond acceptors (Lipinski definition) is 4. The summed E-state index contributed by atoms with van der Waals surface area (Å²) in [6.07, 6.45) is 1.94. The van der Waals surface area contributed by atoms with Crippen LogP contribution in [0.4, 0.5) is 11.4 Å². The minimum Gasteiger partial charge on any atom is -0.321 e. The van der Waals surface area contributed by atoms with E-state index in [4.69, 9.17) is 0 Å². The van der Waals surface area contributed by atoms with Gasteiger partial charge in [0.1, 0.15) is 0 Å². The van der Waals surface area contributed by atoms with Gasteiger partial charge in [-0.1, -0.05) is 72.3 Å². The average Bonchev–Trinajstić information content (AvgIpc) is 2.88. The third kappa shape index (κ3) is 5.58. The van der Waals surface area contributed by atoms with E-state index in [-0.39, 0.29) is 22.9 Å². The zero-order valence-electron chi connectivity index (χ0n) is 19.5. The lowest BCUT2D eigenvalue weighted by Crippen LogP contribution is -2.32. The van der Waals surface area contributed by atoms with Crippen molar-refractivity contribution in [2.24, 2.45) is 0 Å². The number of thioether (sulfide) groups is 1. The molecule has 0 aliphatic heterocycles. The van der Waals surface area contributed by atoms with Gasteiger partial charge in [-0.15, -0.1) is 11.8 Å². The van der Waals surface area contributed by atoms with Gasteiger partial charge in [-0.3, -0.25) is 9.10 Å². The van der Waals surface area contributed by atoms with E-state index in [1.807, 2.05) is 67.8 Å². The van der Waals surface area contributed by atoms with Gasteiger partial charge in [-0.2, -0.15) is 0 Å². The third-order valence-corrected chi connectivity index (χ3v) is 8.12. The molecule has 4 rings (SSSR count). The van der Waals surface area contributed by atoms with E-state index >= 15 is 0 Å². The molecule has 0 saturated heterocycles. The molecule has 0 unspecified atom stereocenters. The fourth-order valence-electron chi connectivity index (χ4n) is 3.71. The number of carbonyl (C=O) groups is 1. The maximum absolute atomic E-state index is 13.9. The van der Waals surface area contributed by atoms with E-state index in [2.05, 4.69) is 5.32 Å². The molecule has 0 aliphatic rings. The maximum Gasteiger partial charge on any atom is 0.264 e. The van der Waals surface area contributed by atoms with Crippen molar-refractivity contribution in [2.75, 3.05) is 15.9 Å². The van der Waals surface area contributed by atoms with Crippen LogP contribution in [0.25, 0.3) is 0 Å². The van der Waals surface area contributed by atoms with Gasteiger partial charge in [0.25, 0.3) is 15.9 Å². The highest BCUT2D eigenvalue weighted by Crippen LogP contribution is 2.31. The molecule has 4 aromatic rings. The predicted molar refractivity (Wildman–Crippen MR) is 144 cm³/mol. The summed E-state index contributed by atoms with van der Waals surface area (Å²) in [6, 6.07) is 30.4. The number of nitrogens with one attached hydrogen (secondary N) is 1. The number of carbonyl (C=O) groups excluding carboxylic acids is 1. The second kappa shape index (κ2) is 10.8. The lowest BCUT2D eigenvalue weighted by atomic mass is 10.1. The number of para-hydroxylation sites is 2. The van der Waals surface area contributed by atoms with Crippen LogP contribution < -0.4 is 9.62 Å². The molecule has 1 amide bonds. The Morgan fingerprint density at radius 1 is 0.829 bits per heavy atom. The van der Waals surface area contributed by atoms with Crippen molar-refractivity contribution >= 4 is 39.1 Å². The fourth-order valence-corrected chi connectivity index (χ4v) is 5.73. The quantitative estimate of drug-likeness (QED) is 0.285. The summed E-state index contributed by atoms with van der Waals surface area (Å²) in [5.41, 5.74) is 3.04. The van der Waals surface area contributed by atoms with Crippen molar-refractivity contribution in [1.82, 2.24) is 0 Å². The molecule has 0 bridgehead atoms. The zero-order valence-corrected chi connectivity index (χ0v) is 21.1. The van der Waals surface area contributed by atoms with Crippen molar-refractivity contribution in [1.29, 1.82) is 0 Å². The Kier molecular flexibility index (Phi) is 7.58. The molecule has 1 N–H and O–H groups in total. The number of anilines is 2. The molecule has 5 nitrogen and oxygen atoms in total. The average molecular weight is 503 g/mol. The first-order chi connectivity index (χ1) is 16.9. The normalized spacial score (nSPS) is 11.1. The van der Waals surface area contributed by atoms with Gasteiger partial charge in [-0.05, 0) is 55.1 Å². The summed E-state index contributed by atoms with van der Waals surface area (Å²) in [5.74, 6) is -0.376. The molecule has 0 aromatic heterocycles. The van der Waals surface area contributed by atoms with Crippen LogP contribution in [0.3, 0.4) is 0 Å². The smallest absolute Gasteiger partial charge is 0.264 e. The van der Waals surface area contributed by atoms with Crippen molar-refractivity contribution < 1.29 is 13.2 Å². The molecular weight excluding hydrogens is 476 g/mol. The van der Waals surface area contributed by atoms with E-state index in [1.54, 1.807) is 48.5 Å². The standard InChI is InChI=1S/C28H26N2O3S2/c1-21-16-18-23(19-17-21)35(32,33)30(20-22-10-4-3-5-11-22)26-14-8-6-12-24(26)28(31)29-25-13-7-9-15-27(25)34-2/h3-19H,20H2,1-2H3,(H,29,31). The number of rotatable bonds is 8. The van der Waals surface area contributed by atoms with Crippen LogP contribution >= 0.6 is 11.8 Å². The predicted octanol–water partition coefficient (Wildman–Crippen LogP) is 6.36. The number of benzene rings is 4. The van der Waals surface area contributed by atoms with Crippen molar-refractivity contribution in [2.45, 2.75) is 23.3 Å². The molecule has 0 radical (unpaired) electrons. The van der Waals surface area contributed by atoms with Crippen LogP contribution in [0.1, 0.15) is 21.5 Å². The Balaban J connectivity index is 1.79. The second-order valence-corrected chi connectivity index (χ2v) is 10.7. The minimum atomic E-state index is -3.96. The molecule has 0 saturated carbocycles. The molecule has 0 aliphatic carbocycles. The summed E-state index contributed by atoms with van der Waals surface area (Å²) in [7, 11) is -3.96. The molecule has 35 heavy (non-hydrogen) atoms. The summed E-state index contributed by atoms with van der Waals surface area (Å²) in [5, 5.41) is 2.95. The highest BCUT2D eigenvalue weighted by molar-refractivity contribution is 7.98. The van der Waals surface area contributed by atoms with Crippen LogP contribution in [0.2, 0.25) is 0 Å². The fraction of sp³-hybridized carbons (Fsp3) is 0.107. The largest absolute Gasteiger partial charge is 0.321 e. The van der Waals surface area contributed by atoms with Crippen molar-refractivity contribution in [3.63, 3.8) is 0 Å². The number of hydrogen-bond donors (Lipinski definition) is 1. The van der Waals surface area contributed by atoms with E-state index in [0.29, 0.717) is 11.4 Å². The van der Waals surface area contributed by atoms with E-state index in [1.165, 1.54) is 16.1 Å². The summed E-state index contributed by atoms with van der Waals surface area (Å²) < 4.78 is 29.1. The van der Waals surface area contributed by atoms with Crippen LogP contribution in [0.5, 0.6) is 0 Å². The Labute approximate surface area is 210 Å². The zero-order chi connectivity index (χ0) is 24.8. The summed E-state index contributed by atoms with van der Waals surface area (Å²) >= 11 is 1.53. The summed E-state index contributed by atoms with van der Waals surface area (Å²) in [6.45, 7) is 1.99. The van der Waals surface area contributed by atoms with Crippen molar-refractivity contribution in [3.8, 4) is 0 Å². The topological polar surface area (TPSA) is 66.5 Å². The Morgan fingerprint density at radius 2 is 1.46 bits per heavy atom. The molecular formula is C28H26N2O3S2. The van der Waals surface area contributed by atoms with Crippen LogP contribution in [-0.2, 0) is 16.6 Å². The molecule has 0 heterocycles. The molecule has 0 atom stereocenters. The van der Waals surface area contributed by atoms with E-state index in [9.17, 15) is 13.2 Å². The van der Waals surface area contributed by atoms with Gasteiger partial charge >= 0.3 is 0 Å². The van der Waals surface area contributed by atoms with E-state index in [0.717, 1.165) is 16.0 Å².